The largest absolute Gasteiger partial charge is 0.326 e. The molecule has 0 fully saturated rings. The van der Waals surface area contributed by atoms with E-state index in [2.05, 4.69) is 41.3 Å². The van der Waals surface area contributed by atoms with E-state index in [0.29, 0.717) is 6.54 Å². The smallest absolute Gasteiger partial charge is 0.192 e. The fourth-order valence-corrected chi connectivity index (χ4v) is 3.66. The molecule has 1 heterocycles. The van der Waals surface area contributed by atoms with Gasteiger partial charge in [-0.25, -0.2) is 9.97 Å². The molecular formula is C15H19N3S2. The molecule has 1 aromatic heterocycles. The summed E-state index contributed by atoms with van der Waals surface area (Å²) in [6, 6.07) is 6.24. The Morgan fingerprint density at radius 2 is 1.65 bits per heavy atom. The van der Waals surface area contributed by atoms with Crippen molar-refractivity contribution >= 4 is 23.5 Å². The highest BCUT2D eigenvalue weighted by Crippen LogP contribution is 2.33. The van der Waals surface area contributed by atoms with Gasteiger partial charge in [-0.2, -0.15) is 0 Å². The molecule has 0 saturated carbocycles. The van der Waals surface area contributed by atoms with Gasteiger partial charge in [0.05, 0.1) is 0 Å². The van der Waals surface area contributed by atoms with E-state index in [9.17, 15) is 0 Å². The summed E-state index contributed by atoms with van der Waals surface area (Å²) in [6.07, 6.45) is 2.07. The van der Waals surface area contributed by atoms with E-state index in [1.54, 1.807) is 23.5 Å². The van der Waals surface area contributed by atoms with E-state index >= 15 is 0 Å². The van der Waals surface area contributed by atoms with Gasteiger partial charge in [-0.1, -0.05) is 6.07 Å². The predicted molar refractivity (Wildman–Crippen MR) is 86.5 cm³/mol. The molecule has 106 valence electrons. The van der Waals surface area contributed by atoms with Crippen LogP contribution < -0.4 is 5.73 Å². The first-order valence-electron chi connectivity index (χ1n) is 6.42. The summed E-state index contributed by atoms with van der Waals surface area (Å²) in [5.74, 6) is 0. The molecule has 2 rings (SSSR count). The molecule has 0 aliphatic rings. The topological polar surface area (TPSA) is 51.8 Å². The second-order valence-electron chi connectivity index (χ2n) is 4.55. The van der Waals surface area contributed by atoms with Gasteiger partial charge in [0.1, 0.15) is 0 Å². The fraction of sp³-hybridized carbons (Fsp3) is 0.333. The van der Waals surface area contributed by atoms with E-state index in [1.165, 1.54) is 10.5 Å². The van der Waals surface area contributed by atoms with Gasteiger partial charge < -0.3 is 5.73 Å². The number of benzene rings is 1. The number of aryl methyl sites for hydroxylation is 2. The molecule has 5 heteroatoms. The molecule has 20 heavy (non-hydrogen) atoms. The molecular weight excluding hydrogens is 286 g/mol. The zero-order chi connectivity index (χ0) is 14.7. The Labute approximate surface area is 128 Å². The summed E-state index contributed by atoms with van der Waals surface area (Å²) in [5, 5.41) is 0.790. The maximum absolute atomic E-state index is 5.90. The molecule has 0 unspecified atom stereocenters. The molecule has 1 aromatic carbocycles. The highest BCUT2D eigenvalue weighted by Gasteiger charge is 2.11. The van der Waals surface area contributed by atoms with Gasteiger partial charge in [0.2, 0.25) is 0 Å². The molecule has 0 spiro atoms. The average Bonchev–Trinajstić information content (AvgIpc) is 2.44. The Hall–Kier alpha value is -1.04. The van der Waals surface area contributed by atoms with Gasteiger partial charge in [0.25, 0.3) is 0 Å². The maximum Gasteiger partial charge on any atom is 0.192 e. The molecule has 0 aliphatic carbocycles. The summed E-state index contributed by atoms with van der Waals surface area (Å²) < 4.78 is 0. The van der Waals surface area contributed by atoms with Gasteiger partial charge >= 0.3 is 0 Å². The summed E-state index contributed by atoms with van der Waals surface area (Å²) in [5.41, 5.74) is 10.3. The van der Waals surface area contributed by atoms with Crippen molar-refractivity contribution in [3.05, 3.63) is 40.7 Å². The van der Waals surface area contributed by atoms with Crippen LogP contribution in [0.4, 0.5) is 0 Å². The Balaban J connectivity index is 2.40. The summed E-state index contributed by atoms with van der Waals surface area (Å²) >= 11 is 3.31. The van der Waals surface area contributed by atoms with Gasteiger partial charge in [-0.15, -0.1) is 11.8 Å². The van der Waals surface area contributed by atoms with Crippen molar-refractivity contribution in [2.75, 3.05) is 6.26 Å². The van der Waals surface area contributed by atoms with E-state index in [4.69, 9.17) is 5.73 Å². The first kappa shape index (κ1) is 15.4. The number of thioether (sulfide) groups is 1. The monoisotopic (exact) mass is 305 g/mol. The highest BCUT2D eigenvalue weighted by molar-refractivity contribution is 7.99. The highest BCUT2D eigenvalue weighted by atomic mass is 32.2. The molecule has 0 radical (unpaired) electrons. The third kappa shape index (κ3) is 3.16. The first-order valence-corrected chi connectivity index (χ1v) is 8.46. The van der Waals surface area contributed by atoms with Crippen molar-refractivity contribution in [3.8, 4) is 0 Å². The molecule has 0 amide bonds. The van der Waals surface area contributed by atoms with Gasteiger partial charge in [0.15, 0.2) is 5.16 Å². The Bertz CT molecular complexity index is 604. The number of aromatic nitrogens is 2. The van der Waals surface area contributed by atoms with E-state index in [1.807, 2.05) is 13.8 Å². The van der Waals surface area contributed by atoms with Crippen LogP contribution in [-0.2, 0) is 6.54 Å². The SMILES string of the molecule is CSc1cccc(Sc2nc(C)c(C)c(C)n2)c1CN. The van der Waals surface area contributed by atoms with Crippen LogP contribution >= 0.6 is 23.5 Å². The van der Waals surface area contributed by atoms with Crippen molar-refractivity contribution < 1.29 is 0 Å². The third-order valence-corrected chi connectivity index (χ3v) is 5.12. The van der Waals surface area contributed by atoms with Crippen LogP contribution in [0.25, 0.3) is 0 Å². The predicted octanol–water partition coefficient (Wildman–Crippen LogP) is 3.73. The van der Waals surface area contributed by atoms with Crippen molar-refractivity contribution in [2.45, 2.75) is 42.3 Å². The van der Waals surface area contributed by atoms with Crippen LogP contribution in [0.5, 0.6) is 0 Å². The summed E-state index contributed by atoms with van der Waals surface area (Å²) in [6.45, 7) is 6.63. The lowest BCUT2D eigenvalue weighted by Crippen LogP contribution is -2.02. The van der Waals surface area contributed by atoms with Crippen molar-refractivity contribution in [1.82, 2.24) is 9.97 Å². The minimum Gasteiger partial charge on any atom is -0.326 e. The van der Waals surface area contributed by atoms with Crippen LogP contribution in [0.2, 0.25) is 0 Å². The molecule has 2 aromatic rings. The zero-order valence-corrected chi connectivity index (χ0v) is 13.9. The molecule has 0 saturated heterocycles. The second kappa shape index (κ2) is 6.61. The quantitative estimate of drug-likeness (QED) is 0.689. The minimum absolute atomic E-state index is 0.531. The molecule has 0 atom stereocenters. The molecule has 0 bridgehead atoms. The van der Waals surface area contributed by atoms with Crippen molar-refractivity contribution in [1.29, 1.82) is 0 Å². The second-order valence-corrected chi connectivity index (χ2v) is 6.40. The van der Waals surface area contributed by atoms with Crippen LogP contribution in [0.3, 0.4) is 0 Å². The molecule has 3 nitrogen and oxygen atoms in total. The number of nitrogens with zero attached hydrogens (tertiary/aromatic N) is 2. The molecule has 0 aliphatic heterocycles. The van der Waals surface area contributed by atoms with Gasteiger partial charge in [-0.05, 0) is 62.0 Å². The number of nitrogens with two attached hydrogens (primary N) is 1. The van der Waals surface area contributed by atoms with Crippen molar-refractivity contribution in [3.63, 3.8) is 0 Å². The Kier molecular flexibility index (Phi) is 5.07. The lowest BCUT2D eigenvalue weighted by atomic mass is 10.2. The Morgan fingerprint density at radius 3 is 2.20 bits per heavy atom. The Morgan fingerprint density at radius 1 is 1.05 bits per heavy atom. The van der Waals surface area contributed by atoms with Crippen LogP contribution in [0, 0.1) is 20.8 Å². The molecule has 2 N–H and O–H groups in total. The van der Waals surface area contributed by atoms with Gasteiger partial charge in [0, 0.05) is 27.7 Å². The van der Waals surface area contributed by atoms with E-state index in [0.717, 1.165) is 27.0 Å². The third-order valence-electron chi connectivity index (χ3n) is 3.33. The minimum atomic E-state index is 0.531. The fourth-order valence-electron chi connectivity index (χ4n) is 1.92. The summed E-state index contributed by atoms with van der Waals surface area (Å²) in [7, 11) is 0. The normalized spacial score (nSPS) is 10.8. The maximum atomic E-state index is 5.90. The van der Waals surface area contributed by atoms with E-state index < -0.39 is 0 Å². The standard InChI is InChI=1S/C15H19N3S2/c1-9-10(2)17-15(18-11(9)3)20-14-7-5-6-13(19-4)12(14)8-16/h5-7H,8,16H2,1-4H3. The van der Waals surface area contributed by atoms with Crippen LogP contribution in [0.15, 0.2) is 33.1 Å². The van der Waals surface area contributed by atoms with Crippen LogP contribution in [-0.4, -0.2) is 16.2 Å². The van der Waals surface area contributed by atoms with Crippen molar-refractivity contribution in [2.24, 2.45) is 5.73 Å². The average molecular weight is 305 g/mol. The number of hydrogen-bond donors (Lipinski definition) is 1. The van der Waals surface area contributed by atoms with Crippen LogP contribution in [0.1, 0.15) is 22.5 Å². The number of rotatable bonds is 4. The first-order chi connectivity index (χ1) is 9.56. The lowest BCUT2D eigenvalue weighted by Gasteiger charge is -2.12. The lowest BCUT2D eigenvalue weighted by molar-refractivity contribution is 0.878. The van der Waals surface area contributed by atoms with E-state index in [-0.39, 0.29) is 0 Å². The number of hydrogen-bond acceptors (Lipinski definition) is 5. The summed E-state index contributed by atoms with van der Waals surface area (Å²) in [4.78, 5) is 11.5. The zero-order valence-electron chi connectivity index (χ0n) is 12.2. The van der Waals surface area contributed by atoms with Gasteiger partial charge in [-0.3, -0.25) is 0 Å².